The van der Waals surface area contributed by atoms with Crippen molar-refractivity contribution in [3.05, 3.63) is 35.3 Å². The largest absolute Gasteiger partial charge is 0.493 e. The zero-order valence-electron chi connectivity index (χ0n) is 11.5. The fraction of sp³-hybridized carbons (Fsp3) is 0.286. The Balaban J connectivity index is 2.00. The Morgan fingerprint density at radius 2 is 2.05 bits per heavy atom. The standard InChI is InChI=1S/C14H16N2O3S/c1-9-8-15-14(20-9)16-13(17)10(2)19-12-7-5-4-6-11(12)18-3/h4-8,10H,1-3H3,(H,15,16,17)/t10-/m1/s1. The molecule has 0 bridgehead atoms. The van der Waals surface area contributed by atoms with E-state index in [-0.39, 0.29) is 5.91 Å². The monoisotopic (exact) mass is 292 g/mol. The number of hydrogen-bond donors (Lipinski definition) is 1. The van der Waals surface area contributed by atoms with Gasteiger partial charge in [-0.2, -0.15) is 0 Å². The first kappa shape index (κ1) is 14.3. The maximum atomic E-state index is 12.0. The van der Waals surface area contributed by atoms with E-state index in [9.17, 15) is 4.79 Å². The smallest absolute Gasteiger partial charge is 0.266 e. The number of hydrogen-bond acceptors (Lipinski definition) is 5. The normalized spacial score (nSPS) is 11.8. The Morgan fingerprint density at radius 1 is 1.35 bits per heavy atom. The van der Waals surface area contributed by atoms with Crippen LogP contribution in [0.2, 0.25) is 0 Å². The average Bonchev–Trinajstić information content (AvgIpc) is 2.84. The molecule has 0 aliphatic heterocycles. The predicted octanol–water partition coefficient (Wildman–Crippen LogP) is 2.87. The van der Waals surface area contributed by atoms with E-state index < -0.39 is 6.10 Å². The third-order valence-corrected chi connectivity index (χ3v) is 3.42. The number of carbonyl (C=O) groups excluding carboxylic acids is 1. The van der Waals surface area contributed by atoms with E-state index in [1.807, 2.05) is 19.1 Å². The van der Waals surface area contributed by atoms with Crippen molar-refractivity contribution in [2.24, 2.45) is 0 Å². The number of nitrogens with one attached hydrogen (secondary N) is 1. The second kappa shape index (κ2) is 6.38. The van der Waals surface area contributed by atoms with Crippen LogP contribution in [0.3, 0.4) is 0 Å². The van der Waals surface area contributed by atoms with Gasteiger partial charge in [-0.05, 0) is 26.0 Å². The van der Waals surface area contributed by atoms with Crippen molar-refractivity contribution in [1.29, 1.82) is 0 Å². The van der Waals surface area contributed by atoms with Crippen molar-refractivity contribution in [3.8, 4) is 11.5 Å². The molecule has 0 radical (unpaired) electrons. The minimum absolute atomic E-state index is 0.245. The van der Waals surface area contributed by atoms with Crippen LogP contribution in [0.15, 0.2) is 30.5 Å². The molecule has 0 fully saturated rings. The fourth-order valence-electron chi connectivity index (χ4n) is 1.58. The molecular weight excluding hydrogens is 276 g/mol. The quantitative estimate of drug-likeness (QED) is 0.920. The molecule has 1 heterocycles. The molecule has 106 valence electrons. The van der Waals surface area contributed by atoms with E-state index in [2.05, 4.69) is 10.3 Å². The van der Waals surface area contributed by atoms with Gasteiger partial charge in [0.05, 0.1) is 7.11 Å². The van der Waals surface area contributed by atoms with Gasteiger partial charge in [0.15, 0.2) is 22.7 Å². The highest BCUT2D eigenvalue weighted by Gasteiger charge is 2.17. The van der Waals surface area contributed by atoms with Gasteiger partial charge in [-0.1, -0.05) is 12.1 Å². The highest BCUT2D eigenvalue weighted by atomic mass is 32.1. The van der Waals surface area contributed by atoms with Gasteiger partial charge in [-0.15, -0.1) is 11.3 Å². The van der Waals surface area contributed by atoms with Gasteiger partial charge in [-0.25, -0.2) is 4.98 Å². The van der Waals surface area contributed by atoms with Crippen LogP contribution in [0.4, 0.5) is 5.13 Å². The third kappa shape index (κ3) is 3.48. The number of aromatic nitrogens is 1. The summed E-state index contributed by atoms with van der Waals surface area (Å²) < 4.78 is 10.8. The van der Waals surface area contributed by atoms with Crippen molar-refractivity contribution >= 4 is 22.4 Å². The first-order chi connectivity index (χ1) is 9.60. The van der Waals surface area contributed by atoms with E-state index in [1.165, 1.54) is 11.3 Å². The number of rotatable bonds is 5. The van der Waals surface area contributed by atoms with Crippen LogP contribution in [0.1, 0.15) is 11.8 Å². The second-order valence-corrected chi connectivity index (χ2v) is 5.41. The zero-order valence-corrected chi connectivity index (χ0v) is 12.4. The summed E-state index contributed by atoms with van der Waals surface area (Å²) in [4.78, 5) is 17.1. The number of anilines is 1. The van der Waals surface area contributed by atoms with Crippen molar-refractivity contribution < 1.29 is 14.3 Å². The number of methoxy groups -OCH3 is 1. The van der Waals surface area contributed by atoms with Crippen molar-refractivity contribution in [1.82, 2.24) is 4.98 Å². The van der Waals surface area contributed by atoms with Crippen LogP contribution in [-0.2, 0) is 4.79 Å². The highest BCUT2D eigenvalue weighted by Crippen LogP contribution is 2.27. The Morgan fingerprint density at radius 3 is 2.65 bits per heavy atom. The number of para-hydroxylation sites is 2. The number of benzene rings is 1. The maximum absolute atomic E-state index is 12.0. The number of thiazole rings is 1. The molecule has 2 rings (SSSR count). The molecule has 6 heteroatoms. The summed E-state index contributed by atoms with van der Waals surface area (Å²) in [6, 6.07) is 7.21. The lowest BCUT2D eigenvalue weighted by Crippen LogP contribution is -2.30. The molecule has 1 amide bonds. The zero-order chi connectivity index (χ0) is 14.5. The van der Waals surface area contributed by atoms with Crippen LogP contribution < -0.4 is 14.8 Å². The summed E-state index contributed by atoms with van der Waals surface area (Å²) in [7, 11) is 1.56. The Kier molecular flexibility index (Phi) is 4.57. The Bertz CT molecular complexity index is 598. The van der Waals surface area contributed by atoms with E-state index in [4.69, 9.17) is 9.47 Å². The van der Waals surface area contributed by atoms with E-state index in [1.54, 1.807) is 32.4 Å². The van der Waals surface area contributed by atoms with E-state index in [0.29, 0.717) is 16.6 Å². The van der Waals surface area contributed by atoms with Crippen LogP contribution in [0, 0.1) is 6.92 Å². The van der Waals surface area contributed by atoms with Crippen LogP contribution >= 0.6 is 11.3 Å². The van der Waals surface area contributed by atoms with Gasteiger partial charge in [0.25, 0.3) is 5.91 Å². The molecule has 1 aromatic carbocycles. The van der Waals surface area contributed by atoms with Gasteiger partial charge < -0.3 is 9.47 Å². The number of aryl methyl sites for hydroxylation is 1. The summed E-state index contributed by atoms with van der Waals surface area (Å²) in [6.45, 7) is 3.62. The van der Waals surface area contributed by atoms with Gasteiger partial charge >= 0.3 is 0 Å². The topological polar surface area (TPSA) is 60.5 Å². The number of carbonyl (C=O) groups is 1. The summed E-state index contributed by atoms with van der Waals surface area (Å²) in [6.07, 6.45) is 1.07. The van der Waals surface area contributed by atoms with Gasteiger partial charge in [0, 0.05) is 11.1 Å². The summed E-state index contributed by atoms with van der Waals surface area (Å²) >= 11 is 1.42. The van der Waals surface area contributed by atoms with Gasteiger partial charge in [-0.3, -0.25) is 10.1 Å². The summed E-state index contributed by atoms with van der Waals surface area (Å²) in [5.74, 6) is 0.885. The van der Waals surface area contributed by atoms with E-state index in [0.717, 1.165) is 4.88 Å². The lowest BCUT2D eigenvalue weighted by atomic mass is 10.3. The van der Waals surface area contributed by atoms with E-state index >= 15 is 0 Å². The lowest BCUT2D eigenvalue weighted by molar-refractivity contribution is -0.122. The summed E-state index contributed by atoms with van der Waals surface area (Å²) in [5, 5.41) is 3.30. The predicted molar refractivity (Wildman–Crippen MR) is 78.6 cm³/mol. The van der Waals surface area contributed by atoms with Crippen molar-refractivity contribution in [3.63, 3.8) is 0 Å². The lowest BCUT2D eigenvalue weighted by Gasteiger charge is -2.15. The molecule has 1 atom stereocenters. The molecule has 0 aliphatic rings. The minimum Gasteiger partial charge on any atom is -0.493 e. The Hall–Kier alpha value is -2.08. The van der Waals surface area contributed by atoms with Gasteiger partial charge in [0.2, 0.25) is 0 Å². The van der Waals surface area contributed by atoms with Gasteiger partial charge in [0.1, 0.15) is 0 Å². The first-order valence-corrected chi connectivity index (χ1v) is 6.94. The fourth-order valence-corrected chi connectivity index (χ4v) is 2.25. The molecule has 2 aromatic rings. The molecule has 0 aliphatic carbocycles. The first-order valence-electron chi connectivity index (χ1n) is 6.13. The Labute approximate surface area is 121 Å². The molecule has 1 N–H and O–H groups in total. The van der Waals surface area contributed by atoms with Crippen molar-refractivity contribution in [2.45, 2.75) is 20.0 Å². The molecule has 0 unspecified atom stereocenters. The molecular formula is C14H16N2O3S. The minimum atomic E-state index is -0.643. The molecule has 5 nitrogen and oxygen atoms in total. The van der Waals surface area contributed by atoms with Crippen molar-refractivity contribution in [2.75, 3.05) is 12.4 Å². The maximum Gasteiger partial charge on any atom is 0.266 e. The number of ether oxygens (including phenoxy) is 2. The second-order valence-electron chi connectivity index (χ2n) is 4.18. The average molecular weight is 292 g/mol. The molecule has 20 heavy (non-hydrogen) atoms. The SMILES string of the molecule is COc1ccccc1O[C@H](C)C(=O)Nc1ncc(C)s1. The molecule has 0 spiro atoms. The highest BCUT2D eigenvalue weighted by molar-refractivity contribution is 7.15. The molecule has 0 saturated carbocycles. The van der Waals surface area contributed by atoms with Crippen LogP contribution in [0.5, 0.6) is 11.5 Å². The molecule has 1 aromatic heterocycles. The van der Waals surface area contributed by atoms with Crippen LogP contribution in [0.25, 0.3) is 0 Å². The third-order valence-electron chi connectivity index (χ3n) is 2.59. The number of nitrogens with zero attached hydrogens (tertiary/aromatic N) is 1. The molecule has 0 saturated heterocycles. The number of amides is 1. The van der Waals surface area contributed by atoms with Crippen LogP contribution in [-0.4, -0.2) is 24.1 Å². The summed E-state index contributed by atoms with van der Waals surface area (Å²) in [5.41, 5.74) is 0.